The highest BCUT2D eigenvalue weighted by Crippen LogP contribution is 2.11. The van der Waals surface area contributed by atoms with Gasteiger partial charge in [-0.3, -0.25) is 9.58 Å². The predicted molar refractivity (Wildman–Crippen MR) is 69.9 cm³/mol. The fraction of sp³-hybridized carbons (Fsp3) is 0.769. The molecule has 1 aromatic heterocycles. The summed E-state index contributed by atoms with van der Waals surface area (Å²) >= 11 is 0. The Kier molecular flexibility index (Phi) is 4.71. The molecule has 98 valence electrons. The van der Waals surface area contributed by atoms with Gasteiger partial charge in [0.05, 0.1) is 11.3 Å². The molecule has 0 bridgehead atoms. The normalized spacial score (nSPS) is 14.3. The molecule has 0 spiro atoms. The number of rotatable bonds is 6. The summed E-state index contributed by atoms with van der Waals surface area (Å²) in [7, 11) is 2.00. The first-order chi connectivity index (χ1) is 7.81. The van der Waals surface area contributed by atoms with Gasteiger partial charge in [0.15, 0.2) is 0 Å². The Hall–Kier alpha value is -0.870. The fourth-order valence-corrected chi connectivity index (χ4v) is 1.89. The predicted octanol–water partition coefficient (Wildman–Crippen LogP) is 2.06. The third kappa shape index (κ3) is 4.88. The topological polar surface area (TPSA) is 41.3 Å². The molecule has 0 radical (unpaired) electrons. The Bertz CT molecular complexity index is 341. The molecular formula is C13H25N3O. The van der Waals surface area contributed by atoms with Crippen LogP contribution in [-0.4, -0.2) is 39.0 Å². The smallest absolute Gasteiger partial charge is 0.0764 e. The molecule has 0 aliphatic rings. The average Bonchev–Trinajstić information content (AvgIpc) is 2.62. The van der Waals surface area contributed by atoms with E-state index >= 15 is 0 Å². The van der Waals surface area contributed by atoms with Gasteiger partial charge in [-0.2, -0.15) is 5.10 Å². The lowest BCUT2D eigenvalue weighted by Crippen LogP contribution is -2.35. The van der Waals surface area contributed by atoms with Crippen LogP contribution >= 0.6 is 0 Å². The largest absolute Gasteiger partial charge is 0.389 e. The zero-order chi connectivity index (χ0) is 13.1. The highest BCUT2D eigenvalue weighted by Gasteiger charge is 2.16. The van der Waals surface area contributed by atoms with Crippen molar-refractivity contribution in [2.45, 2.75) is 52.3 Å². The molecule has 0 aliphatic heterocycles. The molecule has 0 saturated heterocycles. The van der Waals surface area contributed by atoms with Crippen molar-refractivity contribution in [3.05, 3.63) is 18.0 Å². The van der Waals surface area contributed by atoms with Crippen LogP contribution in [0.5, 0.6) is 0 Å². The number of hydrogen-bond donors (Lipinski definition) is 1. The number of hydrogen-bond acceptors (Lipinski definition) is 3. The molecule has 1 rings (SSSR count). The maximum atomic E-state index is 9.73. The van der Waals surface area contributed by atoms with E-state index in [-0.39, 0.29) is 0 Å². The zero-order valence-electron chi connectivity index (χ0n) is 11.6. The molecule has 1 heterocycles. The van der Waals surface area contributed by atoms with Crippen LogP contribution in [-0.2, 0) is 6.54 Å². The van der Waals surface area contributed by atoms with E-state index < -0.39 is 5.60 Å². The molecule has 1 aromatic rings. The molecule has 1 unspecified atom stereocenters. The van der Waals surface area contributed by atoms with E-state index in [1.807, 2.05) is 37.8 Å². The second kappa shape index (κ2) is 5.65. The number of likely N-dealkylation sites (N-methyl/N-ethyl adjacent to an activating group) is 1. The first-order valence-corrected chi connectivity index (χ1v) is 6.27. The van der Waals surface area contributed by atoms with Gasteiger partial charge < -0.3 is 5.11 Å². The van der Waals surface area contributed by atoms with Gasteiger partial charge in [0.1, 0.15) is 0 Å². The summed E-state index contributed by atoms with van der Waals surface area (Å²) in [5.41, 5.74) is 0.394. The maximum absolute atomic E-state index is 9.73. The molecule has 0 aromatic carbocycles. The molecule has 17 heavy (non-hydrogen) atoms. The van der Waals surface area contributed by atoms with Gasteiger partial charge in [-0.05, 0) is 40.3 Å². The Morgan fingerprint density at radius 1 is 1.53 bits per heavy atom. The standard InChI is InChI=1S/C13H25N3O/c1-6-11(2)16-8-7-12(14-16)9-15(5)10-13(3,4)17/h7-8,11,17H,6,9-10H2,1-5H3. The van der Waals surface area contributed by atoms with Gasteiger partial charge in [-0.25, -0.2) is 0 Å². The molecule has 0 fully saturated rings. The molecular weight excluding hydrogens is 214 g/mol. The van der Waals surface area contributed by atoms with Crippen molar-refractivity contribution in [1.29, 1.82) is 0 Å². The zero-order valence-corrected chi connectivity index (χ0v) is 11.6. The van der Waals surface area contributed by atoms with Gasteiger partial charge >= 0.3 is 0 Å². The van der Waals surface area contributed by atoms with Crippen LogP contribution in [0.25, 0.3) is 0 Å². The summed E-state index contributed by atoms with van der Waals surface area (Å²) in [5.74, 6) is 0. The minimum Gasteiger partial charge on any atom is -0.389 e. The highest BCUT2D eigenvalue weighted by atomic mass is 16.3. The number of aromatic nitrogens is 2. The second-order valence-corrected chi connectivity index (χ2v) is 5.53. The van der Waals surface area contributed by atoms with Crippen LogP contribution in [0, 0.1) is 0 Å². The van der Waals surface area contributed by atoms with Crippen LogP contribution in [0.4, 0.5) is 0 Å². The molecule has 1 atom stereocenters. The molecule has 1 N–H and O–H groups in total. The summed E-state index contributed by atoms with van der Waals surface area (Å²) in [6, 6.07) is 2.50. The Morgan fingerprint density at radius 3 is 2.71 bits per heavy atom. The lowest BCUT2D eigenvalue weighted by atomic mass is 10.1. The Balaban J connectivity index is 2.54. The minimum absolute atomic E-state index is 0.448. The van der Waals surface area contributed by atoms with Gasteiger partial charge in [-0.1, -0.05) is 6.92 Å². The van der Waals surface area contributed by atoms with E-state index in [4.69, 9.17) is 0 Å². The van der Waals surface area contributed by atoms with Crippen molar-refractivity contribution in [3.63, 3.8) is 0 Å². The highest BCUT2D eigenvalue weighted by molar-refractivity contribution is 4.99. The van der Waals surface area contributed by atoms with Crippen LogP contribution in [0.15, 0.2) is 12.3 Å². The summed E-state index contributed by atoms with van der Waals surface area (Å²) < 4.78 is 2.01. The van der Waals surface area contributed by atoms with Gasteiger partial charge in [-0.15, -0.1) is 0 Å². The Morgan fingerprint density at radius 2 is 2.18 bits per heavy atom. The summed E-state index contributed by atoms with van der Waals surface area (Å²) in [6.45, 7) is 9.38. The summed E-state index contributed by atoms with van der Waals surface area (Å²) in [4.78, 5) is 2.09. The van der Waals surface area contributed by atoms with Crippen molar-refractivity contribution in [1.82, 2.24) is 14.7 Å². The number of aliphatic hydroxyl groups is 1. The SMILES string of the molecule is CCC(C)n1ccc(CN(C)CC(C)(C)O)n1. The lowest BCUT2D eigenvalue weighted by molar-refractivity contribution is 0.0421. The molecule has 0 saturated carbocycles. The van der Waals surface area contributed by atoms with Gasteiger partial charge in [0.2, 0.25) is 0 Å². The Labute approximate surface area is 104 Å². The third-order valence-corrected chi connectivity index (χ3v) is 2.79. The first kappa shape index (κ1) is 14.2. The van der Waals surface area contributed by atoms with Crippen molar-refractivity contribution in [2.24, 2.45) is 0 Å². The maximum Gasteiger partial charge on any atom is 0.0764 e. The monoisotopic (exact) mass is 239 g/mol. The van der Waals surface area contributed by atoms with Gasteiger partial charge in [0.25, 0.3) is 0 Å². The van der Waals surface area contributed by atoms with Gasteiger partial charge in [0, 0.05) is 25.3 Å². The van der Waals surface area contributed by atoms with Crippen molar-refractivity contribution in [2.75, 3.05) is 13.6 Å². The van der Waals surface area contributed by atoms with E-state index in [0.717, 1.165) is 18.7 Å². The second-order valence-electron chi connectivity index (χ2n) is 5.53. The van der Waals surface area contributed by atoms with Crippen molar-refractivity contribution in [3.8, 4) is 0 Å². The molecule has 4 heteroatoms. The van der Waals surface area contributed by atoms with Crippen LogP contribution < -0.4 is 0 Å². The first-order valence-electron chi connectivity index (χ1n) is 6.27. The van der Waals surface area contributed by atoms with Crippen molar-refractivity contribution >= 4 is 0 Å². The molecule has 4 nitrogen and oxygen atoms in total. The van der Waals surface area contributed by atoms with Crippen LogP contribution in [0.3, 0.4) is 0 Å². The molecule has 0 aliphatic carbocycles. The fourth-order valence-electron chi connectivity index (χ4n) is 1.89. The van der Waals surface area contributed by atoms with Crippen LogP contribution in [0.1, 0.15) is 45.9 Å². The average molecular weight is 239 g/mol. The van der Waals surface area contributed by atoms with Crippen LogP contribution in [0.2, 0.25) is 0 Å². The number of nitrogens with zero attached hydrogens (tertiary/aromatic N) is 3. The summed E-state index contributed by atoms with van der Waals surface area (Å²) in [5, 5.41) is 14.3. The summed E-state index contributed by atoms with van der Waals surface area (Å²) in [6.07, 6.45) is 3.11. The minimum atomic E-state index is -0.659. The van der Waals surface area contributed by atoms with Crippen molar-refractivity contribution < 1.29 is 5.11 Å². The molecule has 0 amide bonds. The van der Waals surface area contributed by atoms with E-state index in [1.54, 1.807) is 0 Å². The van der Waals surface area contributed by atoms with E-state index in [0.29, 0.717) is 12.6 Å². The van der Waals surface area contributed by atoms with E-state index in [2.05, 4.69) is 23.8 Å². The lowest BCUT2D eigenvalue weighted by Gasteiger charge is -2.24. The quantitative estimate of drug-likeness (QED) is 0.826. The van der Waals surface area contributed by atoms with E-state index in [9.17, 15) is 5.11 Å². The van der Waals surface area contributed by atoms with E-state index in [1.165, 1.54) is 0 Å². The third-order valence-electron chi connectivity index (χ3n) is 2.79.